The van der Waals surface area contributed by atoms with Gasteiger partial charge in [-0.25, -0.2) is 0 Å². The molecule has 0 saturated heterocycles. The molecule has 3 aromatic carbocycles. The highest BCUT2D eigenvalue weighted by atomic mass is 32.1. The number of aryl methyl sites for hydroxylation is 1. The number of nitrogens with one attached hydrogen (secondary N) is 2. The highest BCUT2D eigenvalue weighted by Gasteiger charge is 2.16. The zero-order valence-corrected chi connectivity index (χ0v) is 16.0. The van der Waals surface area contributed by atoms with Crippen molar-refractivity contribution < 1.29 is 13.5 Å². The number of benzene rings is 3. The van der Waals surface area contributed by atoms with E-state index in [9.17, 15) is 8.78 Å². The van der Waals surface area contributed by atoms with Crippen LogP contribution < -0.4 is 15.4 Å². The zero-order valence-electron chi connectivity index (χ0n) is 15.2. The first-order valence-electron chi connectivity index (χ1n) is 8.75. The highest BCUT2D eigenvalue weighted by molar-refractivity contribution is 7.80. The summed E-state index contributed by atoms with van der Waals surface area (Å²) < 4.78 is 29.2. The Labute approximate surface area is 168 Å². The molecule has 0 spiro atoms. The Kier molecular flexibility index (Phi) is 6.55. The van der Waals surface area contributed by atoms with Crippen LogP contribution in [0.15, 0.2) is 78.9 Å². The van der Waals surface area contributed by atoms with Gasteiger partial charge in [0, 0.05) is 5.69 Å². The number of ether oxygens (including phenoxy) is 1. The molecule has 0 amide bonds. The molecule has 0 unspecified atom stereocenters. The molecule has 0 fully saturated rings. The van der Waals surface area contributed by atoms with Crippen molar-refractivity contribution in [3.05, 3.63) is 95.6 Å². The fourth-order valence-electron chi connectivity index (χ4n) is 2.87. The van der Waals surface area contributed by atoms with Crippen molar-refractivity contribution in [2.45, 2.75) is 19.6 Å². The third-order valence-corrected chi connectivity index (χ3v) is 4.34. The van der Waals surface area contributed by atoms with Crippen molar-refractivity contribution in [1.82, 2.24) is 5.32 Å². The normalized spacial score (nSPS) is 11.7. The minimum absolute atomic E-state index is 0.117. The molecule has 0 radical (unpaired) electrons. The smallest absolute Gasteiger partial charge is 0.387 e. The average Bonchev–Trinajstić information content (AvgIpc) is 2.67. The first-order valence-corrected chi connectivity index (χ1v) is 9.16. The van der Waals surface area contributed by atoms with Crippen LogP contribution in [0.25, 0.3) is 0 Å². The van der Waals surface area contributed by atoms with Crippen molar-refractivity contribution in [2.75, 3.05) is 5.32 Å². The monoisotopic (exact) mass is 398 g/mol. The second kappa shape index (κ2) is 9.28. The highest BCUT2D eigenvalue weighted by Crippen LogP contribution is 2.25. The van der Waals surface area contributed by atoms with Gasteiger partial charge in [0.15, 0.2) is 5.11 Å². The summed E-state index contributed by atoms with van der Waals surface area (Å²) in [5, 5.41) is 6.96. The number of anilines is 1. The van der Waals surface area contributed by atoms with Crippen molar-refractivity contribution >= 4 is 23.0 Å². The molecule has 1 atom stereocenters. The van der Waals surface area contributed by atoms with Crippen molar-refractivity contribution in [1.29, 1.82) is 0 Å². The van der Waals surface area contributed by atoms with Crippen LogP contribution in [0, 0.1) is 6.92 Å². The Hall–Kier alpha value is -2.99. The Morgan fingerprint density at radius 2 is 1.57 bits per heavy atom. The largest absolute Gasteiger partial charge is 0.435 e. The average molecular weight is 398 g/mol. The van der Waals surface area contributed by atoms with Crippen LogP contribution in [0.5, 0.6) is 5.75 Å². The van der Waals surface area contributed by atoms with Gasteiger partial charge in [-0.15, -0.1) is 0 Å². The van der Waals surface area contributed by atoms with Gasteiger partial charge in [0.2, 0.25) is 0 Å². The van der Waals surface area contributed by atoms with E-state index in [-0.39, 0.29) is 11.8 Å². The van der Waals surface area contributed by atoms with E-state index < -0.39 is 6.61 Å². The third-order valence-electron chi connectivity index (χ3n) is 4.12. The number of rotatable bonds is 6. The van der Waals surface area contributed by atoms with Crippen LogP contribution in [0.3, 0.4) is 0 Å². The molecule has 6 heteroatoms. The van der Waals surface area contributed by atoms with Gasteiger partial charge in [-0.3, -0.25) is 0 Å². The molecule has 144 valence electrons. The molecule has 3 nitrogen and oxygen atoms in total. The molecule has 0 aliphatic carbocycles. The summed E-state index contributed by atoms with van der Waals surface area (Å²) in [4.78, 5) is 0. The van der Waals surface area contributed by atoms with E-state index in [4.69, 9.17) is 12.2 Å². The quantitative estimate of drug-likeness (QED) is 0.524. The van der Waals surface area contributed by atoms with E-state index in [0.717, 1.165) is 22.4 Å². The second-order valence-corrected chi connectivity index (χ2v) is 6.67. The lowest BCUT2D eigenvalue weighted by Gasteiger charge is -2.22. The van der Waals surface area contributed by atoms with Gasteiger partial charge in [0.05, 0.1) is 6.04 Å². The standard InChI is InChI=1S/C22H20F2N2OS/c1-15-6-5-9-18(14-15)25-22(28)26-20(16-7-3-2-4-8-16)17-10-12-19(13-11-17)27-21(23)24/h2-14,20-21H,1H3,(H2,25,26,28)/t20-/m0/s1. The lowest BCUT2D eigenvalue weighted by molar-refractivity contribution is -0.0498. The van der Waals surface area contributed by atoms with Gasteiger partial charge in [0.1, 0.15) is 5.75 Å². The summed E-state index contributed by atoms with van der Waals surface area (Å²) in [6, 6.07) is 24.0. The molecule has 0 aromatic heterocycles. The van der Waals surface area contributed by atoms with Crippen molar-refractivity contribution in [2.24, 2.45) is 0 Å². The lowest BCUT2D eigenvalue weighted by atomic mass is 9.99. The Balaban J connectivity index is 1.80. The third kappa shape index (κ3) is 5.50. The molecule has 0 bridgehead atoms. The first-order chi connectivity index (χ1) is 13.5. The van der Waals surface area contributed by atoms with E-state index in [2.05, 4.69) is 15.4 Å². The van der Waals surface area contributed by atoms with E-state index in [1.807, 2.05) is 61.5 Å². The van der Waals surface area contributed by atoms with Gasteiger partial charge in [-0.1, -0.05) is 54.6 Å². The van der Waals surface area contributed by atoms with Crippen LogP contribution in [0.4, 0.5) is 14.5 Å². The zero-order chi connectivity index (χ0) is 19.9. The maximum atomic E-state index is 12.4. The Bertz CT molecular complexity index is 917. The maximum absolute atomic E-state index is 12.4. The van der Waals surface area contributed by atoms with Crippen LogP contribution in [0.1, 0.15) is 22.7 Å². The summed E-state index contributed by atoms with van der Waals surface area (Å²) in [5.74, 6) is 0.117. The van der Waals surface area contributed by atoms with Gasteiger partial charge in [0.25, 0.3) is 0 Å². The SMILES string of the molecule is Cc1cccc(NC(=S)N[C@@H](c2ccccc2)c2ccc(OC(F)F)cc2)c1. The molecule has 3 aromatic rings. The number of hydrogen-bond acceptors (Lipinski definition) is 2. The Morgan fingerprint density at radius 3 is 2.21 bits per heavy atom. The van der Waals surface area contributed by atoms with E-state index in [0.29, 0.717) is 5.11 Å². The lowest BCUT2D eigenvalue weighted by Crippen LogP contribution is -2.33. The Morgan fingerprint density at radius 1 is 0.893 bits per heavy atom. The minimum Gasteiger partial charge on any atom is -0.435 e. The molecule has 0 heterocycles. The minimum atomic E-state index is -2.85. The fourth-order valence-corrected chi connectivity index (χ4v) is 3.10. The number of halogens is 2. The van der Waals surface area contributed by atoms with Gasteiger partial charge in [-0.2, -0.15) is 8.78 Å². The van der Waals surface area contributed by atoms with Crippen LogP contribution >= 0.6 is 12.2 Å². The van der Waals surface area contributed by atoms with Crippen molar-refractivity contribution in [3.8, 4) is 5.75 Å². The summed E-state index contributed by atoms with van der Waals surface area (Å²) in [7, 11) is 0. The van der Waals surface area contributed by atoms with E-state index in [1.165, 1.54) is 12.1 Å². The molecule has 2 N–H and O–H groups in total. The van der Waals surface area contributed by atoms with Crippen LogP contribution in [0.2, 0.25) is 0 Å². The first kappa shape index (κ1) is 19.8. The molecule has 3 rings (SSSR count). The number of hydrogen-bond donors (Lipinski definition) is 2. The summed E-state index contributed by atoms with van der Waals surface area (Å²) in [6.07, 6.45) is 0. The van der Waals surface area contributed by atoms with Gasteiger partial charge >= 0.3 is 6.61 Å². The second-order valence-electron chi connectivity index (χ2n) is 6.26. The van der Waals surface area contributed by atoms with E-state index in [1.54, 1.807) is 12.1 Å². The summed E-state index contributed by atoms with van der Waals surface area (Å²) in [6.45, 7) is -0.836. The van der Waals surface area contributed by atoms with Gasteiger partial charge < -0.3 is 15.4 Å². The summed E-state index contributed by atoms with van der Waals surface area (Å²) in [5.41, 5.74) is 3.90. The fraction of sp³-hybridized carbons (Fsp3) is 0.136. The molecule has 0 saturated carbocycles. The number of alkyl halides is 2. The van der Waals surface area contributed by atoms with Crippen LogP contribution in [-0.4, -0.2) is 11.7 Å². The predicted molar refractivity (Wildman–Crippen MR) is 112 cm³/mol. The maximum Gasteiger partial charge on any atom is 0.387 e. The topological polar surface area (TPSA) is 33.3 Å². The molecule has 28 heavy (non-hydrogen) atoms. The molecular formula is C22H20F2N2OS. The molecular weight excluding hydrogens is 378 g/mol. The summed E-state index contributed by atoms with van der Waals surface area (Å²) >= 11 is 5.49. The van der Waals surface area contributed by atoms with Crippen molar-refractivity contribution in [3.63, 3.8) is 0 Å². The predicted octanol–water partition coefficient (Wildman–Crippen LogP) is 5.67. The number of thiocarbonyl (C=S) groups is 1. The molecule has 0 aliphatic rings. The van der Waals surface area contributed by atoms with E-state index >= 15 is 0 Å². The van der Waals surface area contributed by atoms with Crippen LogP contribution in [-0.2, 0) is 0 Å². The molecule has 0 aliphatic heterocycles. The van der Waals surface area contributed by atoms with Gasteiger partial charge in [-0.05, 0) is 60.1 Å².